The summed E-state index contributed by atoms with van der Waals surface area (Å²) in [5, 5.41) is 3.77. The Labute approximate surface area is 128 Å². The normalized spacial score (nSPS) is 17.3. The molecule has 1 aromatic heterocycles. The van der Waals surface area contributed by atoms with Gasteiger partial charge in [0.1, 0.15) is 0 Å². The number of aryl methyl sites for hydroxylation is 1. The van der Waals surface area contributed by atoms with E-state index in [2.05, 4.69) is 15.3 Å². The van der Waals surface area contributed by atoms with Gasteiger partial charge in [0.2, 0.25) is 5.91 Å². The predicted molar refractivity (Wildman–Crippen MR) is 82.3 cm³/mol. The molecule has 0 saturated heterocycles. The molecule has 21 heavy (non-hydrogen) atoms. The number of rotatable bonds is 4. The van der Waals surface area contributed by atoms with Gasteiger partial charge in [-0.15, -0.1) is 0 Å². The maximum absolute atomic E-state index is 12.2. The Morgan fingerprint density at radius 1 is 1.38 bits per heavy atom. The highest BCUT2D eigenvalue weighted by molar-refractivity contribution is 6.30. The number of aromatic nitrogens is 2. The monoisotopic (exact) mass is 303 g/mol. The first kappa shape index (κ1) is 14.1. The maximum atomic E-state index is 12.2. The molecule has 110 valence electrons. The number of fused-ring (bicyclic) bond motifs is 1. The number of halogens is 1. The van der Waals surface area contributed by atoms with Crippen molar-refractivity contribution in [3.05, 3.63) is 52.6 Å². The van der Waals surface area contributed by atoms with E-state index in [4.69, 9.17) is 11.6 Å². The molecule has 1 amide bonds. The van der Waals surface area contributed by atoms with Gasteiger partial charge in [-0.1, -0.05) is 23.7 Å². The zero-order valence-electron chi connectivity index (χ0n) is 11.7. The van der Waals surface area contributed by atoms with Crippen molar-refractivity contribution in [3.8, 4) is 0 Å². The van der Waals surface area contributed by atoms with Gasteiger partial charge >= 0.3 is 0 Å². The number of benzene rings is 1. The van der Waals surface area contributed by atoms with Crippen LogP contribution in [0.15, 0.2) is 30.6 Å². The second kappa shape index (κ2) is 6.31. The molecule has 0 unspecified atom stereocenters. The fraction of sp³-hybridized carbons (Fsp3) is 0.375. The average molecular weight is 304 g/mol. The van der Waals surface area contributed by atoms with Crippen LogP contribution in [0.1, 0.15) is 23.4 Å². The van der Waals surface area contributed by atoms with Crippen molar-refractivity contribution in [2.24, 2.45) is 5.92 Å². The summed E-state index contributed by atoms with van der Waals surface area (Å²) < 4.78 is 0. The van der Waals surface area contributed by atoms with E-state index in [9.17, 15) is 4.79 Å². The van der Waals surface area contributed by atoms with Crippen LogP contribution >= 0.6 is 11.6 Å². The topological polar surface area (TPSA) is 57.8 Å². The molecule has 1 aliphatic carbocycles. The first-order chi connectivity index (χ1) is 10.2. The van der Waals surface area contributed by atoms with E-state index in [1.807, 2.05) is 24.3 Å². The van der Waals surface area contributed by atoms with E-state index >= 15 is 0 Å². The molecule has 0 spiro atoms. The number of H-pyrrole nitrogens is 1. The number of hydrogen-bond donors (Lipinski definition) is 2. The molecule has 0 fully saturated rings. The Morgan fingerprint density at radius 2 is 2.19 bits per heavy atom. The molecular weight excluding hydrogens is 286 g/mol. The molecule has 1 heterocycles. The predicted octanol–water partition coefficient (Wildman–Crippen LogP) is 2.53. The minimum atomic E-state index is 0.0585. The Balaban J connectivity index is 1.48. The molecule has 2 aromatic rings. The van der Waals surface area contributed by atoms with E-state index in [-0.39, 0.29) is 11.8 Å². The number of amides is 1. The Bertz CT molecular complexity index is 621. The van der Waals surface area contributed by atoms with Crippen LogP contribution in [0.3, 0.4) is 0 Å². The molecule has 2 N–H and O–H groups in total. The minimum Gasteiger partial charge on any atom is -0.356 e. The molecule has 0 saturated carbocycles. The van der Waals surface area contributed by atoms with Crippen molar-refractivity contribution in [1.82, 2.24) is 15.3 Å². The number of nitrogens with zero attached hydrogens (tertiary/aromatic N) is 1. The molecule has 5 heteroatoms. The van der Waals surface area contributed by atoms with E-state index < -0.39 is 0 Å². The zero-order valence-corrected chi connectivity index (χ0v) is 12.5. The Hall–Kier alpha value is -1.81. The molecule has 1 aromatic carbocycles. The van der Waals surface area contributed by atoms with Crippen molar-refractivity contribution in [1.29, 1.82) is 0 Å². The first-order valence-electron chi connectivity index (χ1n) is 7.25. The van der Waals surface area contributed by atoms with Crippen molar-refractivity contribution in [2.75, 3.05) is 6.54 Å². The zero-order chi connectivity index (χ0) is 14.7. The van der Waals surface area contributed by atoms with Crippen molar-refractivity contribution >= 4 is 17.5 Å². The van der Waals surface area contributed by atoms with Crippen LogP contribution in [0, 0.1) is 5.92 Å². The molecule has 0 aliphatic heterocycles. The quantitative estimate of drug-likeness (QED) is 0.912. The minimum absolute atomic E-state index is 0.0585. The SMILES string of the molecule is O=C(NCCc1ccc(Cl)cc1)[C@@H]1CCc2nc[nH]c2C1. The number of carbonyl (C=O) groups is 1. The summed E-state index contributed by atoms with van der Waals surface area (Å²) in [6, 6.07) is 7.73. The van der Waals surface area contributed by atoms with Crippen LogP contribution in [0.2, 0.25) is 5.02 Å². The van der Waals surface area contributed by atoms with E-state index in [0.717, 1.165) is 42.1 Å². The van der Waals surface area contributed by atoms with Crippen LogP contribution in [0.5, 0.6) is 0 Å². The molecule has 0 bridgehead atoms. The lowest BCUT2D eigenvalue weighted by atomic mass is 9.89. The Morgan fingerprint density at radius 3 is 3.00 bits per heavy atom. The molecular formula is C16H18ClN3O. The summed E-state index contributed by atoms with van der Waals surface area (Å²) in [5.74, 6) is 0.201. The molecule has 0 radical (unpaired) electrons. The standard InChI is InChI=1S/C16H18ClN3O/c17-13-4-1-11(2-5-13)7-8-18-16(21)12-3-6-14-15(9-12)20-10-19-14/h1-2,4-5,10,12H,3,6-9H2,(H,18,21)(H,19,20)/t12-/m1/s1. The second-order valence-electron chi connectivity index (χ2n) is 5.44. The van der Waals surface area contributed by atoms with E-state index in [0.29, 0.717) is 6.54 Å². The van der Waals surface area contributed by atoms with Crippen molar-refractivity contribution in [3.63, 3.8) is 0 Å². The van der Waals surface area contributed by atoms with Gasteiger partial charge in [-0.3, -0.25) is 4.79 Å². The summed E-state index contributed by atoms with van der Waals surface area (Å²) in [7, 11) is 0. The van der Waals surface area contributed by atoms with Gasteiger partial charge in [0.25, 0.3) is 0 Å². The van der Waals surface area contributed by atoms with Crippen LogP contribution in [-0.2, 0) is 24.1 Å². The van der Waals surface area contributed by atoms with Crippen LogP contribution in [-0.4, -0.2) is 22.4 Å². The Kier molecular flexibility index (Phi) is 4.25. The maximum Gasteiger partial charge on any atom is 0.223 e. The second-order valence-corrected chi connectivity index (χ2v) is 5.87. The third kappa shape index (κ3) is 3.45. The third-order valence-corrected chi connectivity index (χ3v) is 4.24. The van der Waals surface area contributed by atoms with Crippen molar-refractivity contribution < 1.29 is 4.79 Å². The van der Waals surface area contributed by atoms with Gasteiger partial charge in [0.15, 0.2) is 0 Å². The highest BCUT2D eigenvalue weighted by Crippen LogP contribution is 2.22. The van der Waals surface area contributed by atoms with E-state index in [1.54, 1.807) is 6.33 Å². The van der Waals surface area contributed by atoms with Gasteiger partial charge in [0.05, 0.1) is 12.0 Å². The largest absolute Gasteiger partial charge is 0.356 e. The van der Waals surface area contributed by atoms with E-state index in [1.165, 1.54) is 5.56 Å². The van der Waals surface area contributed by atoms with Gasteiger partial charge < -0.3 is 10.3 Å². The molecule has 3 rings (SSSR count). The van der Waals surface area contributed by atoms with Crippen LogP contribution < -0.4 is 5.32 Å². The molecule has 1 aliphatic rings. The van der Waals surface area contributed by atoms with Gasteiger partial charge in [-0.05, 0) is 37.0 Å². The smallest absolute Gasteiger partial charge is 0.223 e. The number of hydrogen-bond acceptors (Lipinski definition) is 2. The highest BCUT2D eigenvalue weighted by Gasteiger charge is 2.25. The van der Waals surface area contributed by atoms with Gasteiger partial charge in [-0.25, -0.2) is 4.98 Å². The summed E-state index contributed by atoms with van der Waals surface area (Å²) in [4.78, 5) is 19.6. The van der Waals surface area contributed by atoms with Crippen LogP contribution in [0.25, 0.3) is 0 Å². The van der Waals surface area contributed by atoms with Gasteiger partial charge in [0, 0.05) is 29.6 Å². The molecule has 1 atom stereocenters. The average Bonchev–Trinajstić information content (AvgIpc) is 2.96. The lowest BCUT2D eigenvalue weighted by Crippen LogP contribution is -2.35. The van der Waals surface area contributed by atoms with Crippen molar-refractivity contribution in [2.45, 2.75) is 25.7 Å². The number of aromatic amines is 1. The summed E-state index contributed by atoms with van der Waals surface area (Å²) in [6.45, 7) is 0.660. The lowest BCUT2D eigenvalue weighted by molar-refractivity contribution is -0.125. The lowest BCUT2D eigenvalue weighted by Gasteiger charge is -2.20. The summed E-state index contributed by atoms with van der Waals surface area (Å²) in [5.41, 5.74) is 3.40. The summed E-state index contributed by atoms with van der Waals surface area (Å²) in [6.07, 6.45) is 5.07. The van der Waals surface area contributed by atoms with Gasteiger partial charge in [-0.2, -0.15) is 0 Å². The number of imidazole rings is 1. The third-order valence-electron chi connectivity index (χ3n) is 3.98. The molecule has 4 nitrogen and oxygen atoms in total. The highest BCUT2D eigenvalue weighted by atomic mass is 35.5. The first-order valence-corrected chi connectivity index (χ1v) is 7.63. The van der Waals surface area contributed by atoms with Crippen LogP contribution in [0.4, 0.5) is 0 Å². The summed E-state index contributed by atoms with van der Waals surface area (Å²) >= 11 is 5.85. The fourth-order valence-corrected chi connectivity index (χ4v) is 2.88. The number of nitrogens with one attached hydrogen (secondary N) is 2. The fourth-order valence-electron chi connectivity index (χ4n) is 2.75. The number of carbonyl (C=O) groups excluding carboxylic acids is 1.